The lowest BCUT2D eigenvalue weighted by Gasteiger charge is -2.14. The van der Waals surface area contributed by atoms with Gasteiger partial charge in [-0.05, 0) is 22.8 Å². The van der Waals surface area contributed by atoms with Crippen molar-refractivity contribution < 1.29 is 9.90 Å². The topological polar surface area (TPSA) is 75.1 Å². The van der Waals surface area contributed by atoms with Crippen molar-refractivity contribution in [3.8, 4) is 0 Å². The Balaban J connectivity index is 1.63. The lowest BCUT2D eigenvalue weighted by atomic mass is 9.99. The van der Waals surface area contributed by atoms with Crippen molar-refractivity contribution in [3.05, 3.63) is 72.3 Å². The van der Waals surface area contributed by atoms with E-state index in [1.807, 2.05) is 42.5 Å². The van der Waals surface area contributed by atoms with Crippen LogP contribution in [0.2, 0.25) is 0 Å². The smallest absolute Gasteiger partial charge is 0.271 e. The van der Waals surface area contributed by atoms with E-state index in [9.17, 15) is 9.90 Å². The molecule has 0 aliphatic rings. The maximum Gasteiger partial charge on any atom is 0.271 e. The summed E-state index contributed by atoms with van der Waals surface area (Å²) in [6, 6.07) is 13.8. The predicted octanol–water partition coefficient (Wildman–Crippen LogP) is 2.48. The molecule has 5 heteroatoms. The van der Waals surface area contributed by atoms with Crippen LogP contribution in [-0.4, -0.2) is 27.5 Å². The fourth-order valence-corrected chi connectivity index (χ4v) is 2.53. The van der Waals surface area contributed by atoms with Crippen LogP contribution in [-0.2, 0) is 0 Å². The summed E-state index contributed by atoms with van der Waals surface area (Å²) >= 11 is 0. The maximum atomic E-state index is 11.9. The van der Waals surface area contributed by atoms with Crippen molar-refractivity contribution in [2.45, 2.75) is 12.5 Å². The molecule has 0 unspecified atom stereocenters. The molecule has 0 saturated carbocycles. The Morgan fingerprint density at radius 3 is 2.78 bits per heavy atom. The highest BCUT2D eigenvalue weighted by molar-refractivity contribution is 5.91. The molecule has 0 saturated heterocycles. The Labute approximate surface area is 134 Å². The minimum atomic E-state index is -0.636. The number of aliphatic hydroxyl groups is 1. The Morgan fingerprint density at radius 1 is 1.13 bits per heavy atom. The average Bonchev–Trinajstić information content (AvgIpc) is 2.61. The van der Waals surface area contributed by atoms with Gasteiger partial charge in [0, 0.05) is 18.9 Å². The van der Waals surface area contributed by atoms with Gasteiger partial charge in [0.15, 0.2) is 0 Å². The molecule has 2 N–H and O–H groups in total. The molecule has 116 valence electrons. The van der Waals surface area contributed by atoms with Crippen molar-refractivity contribution in [1.29, 1.82) is 0 Å². The molecule has 1 amide bonds. The van der Waals surface area contributed by atoms with Crippen LogP contribution in [0.1, 0.15) is 28.6 Å². The summed E-state index contributed by atoms with van der Waals surface area (Å²) in [7, 11) is 0. The van der Waals surface area contributed by atoms with Gasteiger partial charge in [0.1, 0.15) is 5.69 Å². The number of nitrogens with one attached hydrogen (secondary N) is 1. The van der Waals surface area contributed by atoms with Crippen molar-refractivity contribution in [1.82, 2.24) is 15.3 Å². The van der Waals surface area contributed by atoms with Crippen molar-refractivity contribution in [3.63, 3.8) is 0 Å². The molecule has 0 spiro atoms. The van der Waals surface area contributed by atoms with Crippen LogP contribution in [0.3, 0.4) is 0 Å². The highest BCUT2D eigenvalue weighted by Gasteiger charge is 2.12. The first-order valence-corrected chi connectivity index (χ1v) is 7.45. The molecule has 0 fully saturated rings. The van der Waals surface area contributed by atoms with Gasteiger partial charge in [-0.15, -0.1) is 0 Å². The zero-order valence-corrected chi connectivity index (χ0v) is 12.5. The molecular formula is C18H17N3O2. The lowest BCUT2D eigenvalue weighted by molar-refractivity contribution is 0.0937. The lowest BCUT2D eigenvalue weighted by Crippen LogP contribution is -2.26. The quantitative estimate of drug-likeness (QED) is 0.759. The van der Waals surface area contributed by atoms with Gasteiger partial charge in [-0.3, -0.25) is 9.78 Å². The van der Waals surface area contributed by atoms with Gasteiger partial charge in [0.05, 0.1) is 12.3 Å². The zero-order valence-electron chi connectivity index (χ0n) is 12.5. The molecular weight excluding hydrogens is 290 g/mol. The van der Waals surface area contributed by atoms with Crippen LogP contribution in [0.25, 0.3) is 10.8 Å². The normalized spacial score (nSPS) is 12.0. The Hall–Kier alpha value is -2.79. The minimum absolute atomic E-state index is 0.271. The molecule has 5 nitrogen and oxygen atoms in total. The Kier molecular flexibility index (Phi) is 4.59. The number of aromatic nitrogens is 2. The average molecular weight is 307 g/mol. The van der Waals surface area contributed by atoms with Gasteiger partial charge < -0.3 is 10.4 Å². The monoisotopic (exact) mass is 307 g/mol. The highest BCUT2D eigenvalue weighted by Crippen LogP contribution is 2.25. The van der Waals surface area contributed by atoms with Crippen LogP contribution >= 0.6 is 0 Å². The summed E-state index contributed by atoms with van der Waals surface area (Å²) in [4.78, 5) is 19.7. The van der Waals surface area contributed by atoms with Crippen LogP contribution in [0.4, 0.5) is 0 Å². The summed E-state index contributed by atoms with van der Waals surface area (Å²) in [5.41, 5.74) is 1.14. The molecule has 0 aliphatic heterocycles. The SMILES string of the molecule is O=C(NCC[C@@H](O)c1cccc2ccccc12)c1cnccn1. The van der Waals surface area contributed by atoms with E-state index in [2.05, 4.69) is 15.3 Å². The number of benzene rings is 2. The fourth-order valence-electron chi connectivity index (χ4n) is 2.53. The van der Waals surface area contributed by atoms with E-state index in [0.717, 1.165) is 16.3 Å². The van der Waals surface area contributed by atoms with E-state index in [-0.39, 0.29) is 11.6 Å². The molecule has 23 heavy (non-hydrogen) atoms. The summed E-state index contributed by atoms with van der Waals surface area (Å²) in [5, 5.41) is 15.3. The second-order valence-electron chi connectivity index (χ2n) is 5.22. The third-order valence-electron chi connectivity index (χ3n) is 3.68. The summed E-state index contributed by atoms with van der Waals surface area (Å²) in [6.45, 7) is 0.361. The van der Waals surface area contributed by atoms with E-state index in [0.29, 0.717) is 13.0 Å². The predicted molar refractivity (Wildman–Crippen MR) is 87.9 cm³/mol. The van der Waals surface area contributed by atoms with E-state index in [1.165, 1.54) is 18.6 Å². The molecule has 0 bridgehead atoms. The van der Waals surface area contributed by atoms with Crippen molar-refractivity contribution in [2.24, 2.45) is 0 Å². The third kappa shape index (κ3) is 3.52. The van der Waals surface area contributed by atoms with E-state index in [4.69, 9.17) is 0 Å². The number of carbonyl (C=O) groups excluding carboxylic acids is 1. The summed E-state index contributed by atoms with van der Waals surface area (Å²) in [5.74, 6) is -0.289. The van der Waals surface area contributed by atoms with Gasteiger partial charge in [0.25, 0.3) is 5.91 Å². The largest absolute Gasteiger partial charge is 0.388 e. The van der Waals surface area contributed by atoms with Gasteiger partial charge >= 0.3 is 0 Å². The molecule has 0 radical (unpaired) electrons. The summed E-state index contributed by atoms with van der Waals surface area (Å²) < 4.78 is 0. The molecule has 1 atom stereocenters. The van der Waals surface area contributed by atoms with E-state index in [1.54, 1.807) is 0 Å². The van der Waals surface area contributed by atoms with Gasteiger partial charge in [-0.25, -0.2) is 4.98 Å². The van der Waals surface area contributed by atoms with Crippen molar-refractivity contribution >= 4 is 16.7 Å². The number of rotatable bonds is 5. The standard InChI is InChI=1S/C18H17N3O2/c22-17(8-9-21-18(23)16-12-19-10-11-20-16)15-7-3-5-13-4-1-2-6-14(13)15/h1-7,10-12,17,22H,8-9H2,(H,21,23)/t17-/m1/s1. The van der Waals surface area contributed by atoms with Gasteiger partial charge in [-0.1, -0.05) is 42.5 Å². The number of hydrogen-bond donors (Lipinski definition) is 2. The van der Waals surface area contributed by atoms with Gasteiger partial charge in [0.2, 0.25) is 0 Å². The number of nitrogens with zero attached hydrogens (tertiary/aromatic N) is 2. The number of aliphatic hydroxyl groups excluding tert-OH is 1. The zero-order chi connectivity index (χ0) is 16.1. The number of fused-ring (bicyclic) bond motifs is 1. The van der Waals surface area contributed by atoms with Crippen LogP contribution in [0.15, 0.2) is 61.1 Å². The van der Waals surface area contributed by atoms with Crippen molar-refractivity contribution in [2.75, 3.05) is 6.54 Å². The summed E-state index contributed by atoms with van der Waals surface area (Å²) in [6.07, 6.45) is 4.19. The second-order valence-corrected chi connectivity index (χ2v) is 5.22. The first kappa shape index (κ1) is 15.1. The van der Waals surface area contributed by atoms with E-state index >= 15 is 0 Å². The van der Waals surface area contributed by atoms with E-state index < -0.39 is 6.10 Å². The first-order valence-electron chi connectivity index (χ1n) is 7.45. The fraction of sp³-hybridized carbons (Fsp3) is 0.167. The first-order chi connectivity index (χ1) is 11.3. The highest BCUT2D eigenvalue weighted by atomic mass is 16.3. The number of carbonyl (C=O) groups is 1. The molecule has 2 aromatic carbocycles. The number of amides is 1. The van der Waals surface area contributed by atoms with Gasteiger partial charge in [-0.2, -0.15) is 0 Å². The maximum absolute atomic E-state index is 11.9. The minimum Gasteiger partial charge on any atom is -0.388 e. The molecule has 3 rings (SSSR count). The molecule has 3 aromatic rings. The second kappa shape index (κ2) is 6.98. The third-order valence-corrected chi connectivity index (χ3v) is 3.68. The number of hydrogen-bond acceptors (Lipinski definition) is 4. The molecule has 1 heterocycles. The molecule has 1 aromatic heterocycles. The Morgan fingerprint density at radius 2 is 1.96 bits per heavy atom. The molecule has 0 aliphatic carbocycles. The van der Waals surface area contributed by atoms with Crippen LogP contribution < -0.4 is 5.32 Å². The van der Waals surface area contributed by atoms with Crippen LogP contribution in [0, 0.1) is 0 Å². The Bertz CT molecular complexity index is 800. The van der Waals surface area contributed by atoms with Crippen LogP contribution in [0.5, 0.6) is 0 Å².